The summed E-state index contributed by atoms with van der Waals surface area (Å²) in [4.78, 5) is 12.6. The Kier molecular flexibility index (Phi) is 4.16. The molecule has 1 aromatic rings. The van der Waals surface area contributed by atoms with Crippen LogP contribution < -0.4 is 10.6 Å². The van der Waals surface area contributed by atoms with Crippen LogP contribution in [0.3, 0.4) is 0 Å². The lowest BCUT2D eigenvalue weighted by atomic mass is 9.75. The first-order valence-corrected chi connectivity index (χ1v) is 7.26. The van der Waals surface area contributed by atoms with Gasteiger partial charge in [-0.05, 0) is 37.1 Å². The zero-order valence-electron chi connectivity index (χ0n) is 11.2. The first-order chi connectivity index (χ1) is 8.95. The molecular formula is C14H19BrN2O2. The molecule has 5 heteroatoms. The Morgan fingerprint density at radius 2 is 2.26 bits per heavy atom. The van der Waals surface area contributed by atoms with Crippen molar-refractivity contribution in [2.45, 2.75) is 20.3 Å². The van der Waals surface area contributed by atoms with Gasteiger partial charge >= 0.3 is 0 Å². The first-order valence-electron chi connectivity index (χ1n) is 6.46. The number of carbonyl (C=O) groups is 1. The number of halogens is 1. The molecule has 1 aromatic carbocycles. The molecule has 19 heavy (non-hydrogen) atoms. The highest BCUT2D eigenvalue weighted by molar-refractivity contribution is 9.10. The molecule has 3 N–H and O–H groups in total. The predicted octanol–water partition coefficient (Wildman–Crippen LogP) is 2.73. The second-order valence-corrected chi connectivity index (χ2v) is 6.27. The maximum atomic E-state index is 12.6. The van der Waals surface area contributed by atoms with Gasteiger partial charge in [-0.3, -0.25) is 4.79 Å². The summed E-state index contributed by atoms with van der Waals surface area (Å²) in [6, 6.07) is 5.01. The van der Waals surface area contributed by atoms with Gasteiger partial charge in [0.15, 0.2) is 0 Å². The average Bonchev–Trinajstić information content (AvgIpc) is 2.84. The van der Waals surface area contributed by atoms with Crippen molar-refractivity contribution >= 4 is 27.5 Å². The van der Waals surface area contributed by atoms with E-state index in [-0.39, 0.29) is 17.6 Å². The van der Waals surface area contributed by atoms with Crippen LogP contribution in [0.2, 0.25) is 0 Å². The third-order valence-electron chi connectivity index (χ3n) is 3.95. The monoisotopic (exact) mass is 326 g/mol. The normalized spacial score (nSPS) is 22.7. The highest BCUT2D eigenvalue weighted by Gasteiger charge is 2.44. The van der Waals surface area contributed by atoms with Crippen LogP contribution in [0.4, 0.5) is 5.69 Å². The molecule has 1 heterocycles. The van der Waals surface area contributed by atoms with Gasteiger partial charge < -0.3 is 15.7 Å². The lowest BCUT2D eigenvalue weighted by Gasteiger charge is -2.31. The molecule has 1 fully saturated rings. The Morgan fingerprint density at radius 1 is 1.53 bits per heavy atom. The second kappa shape index (κ2) is 5.51. The van der Waals surface area contributed by atoms with Crippen LogP contribution in [-0.2, 0) is 4.79 Å². The highest BCUT2D eigenvalue weighted by Crippen LogP contribution is 2.36. The van der Waals surface area contributed by atoms with Crippen molar-refractivity contribution in [2.24, 2.45) is 11.3 Å². The smallest absolute Gasteiger partial charge is 0.232 e. The number of nitrogens with one attached hydrogen (secondary N) is 2. The van der Waals surface area contributed by atoms with Crippen LogP contribution >= 0.6 is 15.9 Å². The van der Waals surface area contributed by atoms with Crippen molar-refractivity contribution in [3.05, 3.63) is 22.7 Å². The number of aromatic hydroxyl groups is 1. The lowest BCUT2D eigenvalue weighted by molar-refractivity contribution is -0.126. The Labute approximate surface area is 121 Å². The number of amides is 1. The zero-order chi connectivity index (χ0) is 14.0. The van der Waals surface area contributed by atoms with E-state index in [1.54, 1.807) is 18.2 Å². The largest absolute Gasteiger partial charge is 0.506 e. The van der Waals surface area contributed by atoms with Gasteiger partial charge in [0.25, 0.3) is 0 Å². The summed E-state index contributed by atoms with van der Waals surface area (Å²) in [5.74, 6) is 0.305. The van der Waals surface area contributed by atoms with Crippen molar-refractivity contribution in [1.29, 1.82) is 0 Å². The molecule has 0 saturated carbocycles. The molecule has 1 unspecified atom stereocenters. The van der Waals surface area contributed by atoms with Gasteiger partial charge in [0.05, 0.1) is 11.1 Å². The molecule has 1 saturated heterocycles. The Balaban J connectivity index is 2.22. The van der Waals surface area contributed by atoms with E-state index in [4.69, 9.17) is 0 Å². The van der Waals surface area contributed by atoms with E-state index in [9.17, 15) is 9.90 Å². The van der Waals surface area contributed by atoms with Crippen molar-refractivity contribution in [3.8, 4) is 5.75 Å². The molecule has 0 radical (unpaired) electrons. The van der Waals surface area contributed by atoms with E-state index in [0.717, 1.165) is 17.4 Å². The van der Waals surface area contributed by atoms with Crippen LogP contribution in [-0.4, -0.2) is 24.1 Å². The van der Waals surface area contributed by atoms with Gasteiger partial charge in [-0.25, -0.2) is 0 Å². The summed E-state index contributed by atoms with van der Waals surface area (Å²) in [6.45, 7) is 5.67. The van der Waals surface area contributed by atoms with Gasteiger partial charge in [-0.1, -0.05) is 29.8 Å². The highest BCUT2D eigenvalue weighted by atomic mass is 79.9. The minimum Gasteiger partial charge on any atom is -0.506 e. The van der Waals surface area contributed by atoms with Crippen molar-refractivity contribution < 1.29 is 9.90 Å². The Morgan fingerprint density at radius 3 is 2.84 bits per heavy atom. The fourth-order valence-corrected chi connectivity index (χ4v) is 2.88. The number of anilines is 1. The summed E-state index contributed by atoms with van der Waals surface area (Å²) in [5, 5.41) is 15.9. The summed E-state index contributed by atoms with van der Waals surface area (Å²) in [5.41, 5.74) is 0.0562. The first kappa shape index (κ1) is 14.3. The molecule has 104 valence electrons. The topological polar surface area (TPSA) is 61.4 Å². The number of carbonyl (C=O) groups excluding carboxylic acids is 1. The number of hydrogen-bond acceptors (Lipinski definition) is 3. The summed E-state index contributed by atoms with van der Waals surface area (Å²) >= 11 is 3.34. The van der Waals surface area contributed by atoms with E-state index < -0.39 is 5.41 Å². The summed E-state index contributed by atoms with van der Waals surface area (Å²) in [7, 11) is 0. The molecule has 2 rings (SSSR count). The molecule has 1 atom stereocenters. The van der Waals surface area contributed by atoms with Crippen molar-refractivity contribution in [1.82, 2.24) is 5.32 Å². The van der Waals surface area contributed by atoms with Gasteiger partial charge in [0.2, 0.25) is 5.91 Å². The lowest BCUT2D eigenvalue weighted by Crippen LogP contribution is -2.42. The molecule has 1 aliphatic rings. The Hall–Kier alpha value is -1.07. The zero-order valence-corrected chi connectivity index (χ0v) is 12.8. The fourth-order valence-electron chi connectivity index (χ4n) is 2.52. The standard InChI is InChI=1S/C14H19BrN2O2/c1-9(2)14(5-6-16-8-14)13(19)17-11-7-10(15)3-4-12(11)18/h3-4,7,9,16,18H,5-6,8H2,1-2H3,(H,17,19). The number of rotatable bonds is 3. The maximum Gasteiger partial charge on any atom is 0.232 e. The number of benzene rings is 1. The van der Waals surface area contributed by atoms with E-state index in [1.165, 1.54) is 0 Å². The van der Waals surface area contributed by atoms with Crippen LogP contribution in [0.15, 0.2) is 22.7 Å². The minimum atomic E-state index is -0.394. The number of phenols is 1. The third-order valence-corrected chi connectivity index (χ3v) is 4.45. The second-order valence-electron chi connectivity index (χ2n) is 5.35. The molecular weight excluding hydrogens is 308 g/mol. The SMILES string of the molecule is CC(C)C1(C(=O)Nc2cc(Br)ccc2O)CCNC1. The molecule has 0 aliphatic carbocycles. The quantitative estimate of drug-likeness (QED) is 0.748. The average molecular weight is 327 g/mol. The molecule has 1 aliphatic heterocycles. The molecule has 0 spiro atoms. The number of hydrogen-bond donors (Lipinski definition) is 3. The van der Waals surface area contributed by atoms with E-state index in [0.29, 0.717) is 12.2 Å². The fraction of sp³-hybridized carbons (Fsp3) is 0.500. The van der Waals surface area contributed by atoms with Crippen molar-refractivity contribution in [3.63, 3.8) is 0 Å². The van der Waals surface area contributed by atoms with E-state index in [1.807, 2.05) is 0 Å². The van der Waals surface area contributed by atoms with Gasteiger partial charge in [0.1, 0.15) is 5.75 Å². The summed E-state index contributed by atoms with van der Waals surface area (Å²) < 4.78 is 0.823. The van der Waals surface area contributed by atoms with Gasteiger partial charge in [0, 0.05) is 11.0 Å². The van der Waals surface area contributed by atoms with Crippen LogP contribution in [0.1, 0.15) is 20.3 Å². The minimum absolute atomic E-state index is 0.0269. The van der Waals surface area contributed by atoms with E-state index in [2.05, 4.69) is 40.4 Å². The third kappa shape index (κ3) is 2.77. The molecule has 4 nitrogen and oxygen atoms in total. The predicted molar refractivity (Wildman–Crippen MR) is 79.2 cm³/mol. The van der Waals surface area contributed by atoms with Crippen LogP contribution in [0.5, 0.6) is 5.75 Å². The van der Waals surface area contributed by atoms with Crippen LogP contribution in [0.25, 0.3) is 0 Å². The maximum absolute atomic E-state index is 12.6. The molecule has 0 aromatic heterocycles. The Bertz CT molecular complexity index is 482. The number of phenolic OH excluding ortho intramolecular Hbond substituents is 1. The molecule has 0 bridgehead atoms. The van der Waals surface area contributed by atoms with Gasteiger partial charge in [-0.2, -0.15) is 0 Å². The molecule has 1 amide bonds. The van der Waals surface area contributed by atoms with E-state index >= 15 is 0 Å². The van der Waals surface area contributed by atoms with Gasteiger partial charge in [-0.15, -0.1) is 0 Å². The van der Waals surface area contributed by atoms with Crippen LogP contribution in [0, 0.1) is 11.3 Å². The summed E-state index contributed by atoms with van der Waals surface area (Å²) in [6.07, 6.45) is 0.825. The van der Waals surface area contributed by atoms with Crippen molar-refractivity contribution in [2.75, 3.05) is 18.4 Å².